The smallest absolute Gasteiger partial charge is 0.389 e. The van der Waals surface area contributed by atoms with Crippen LogP contribution in [0.25, 0.3) is 0 Å². The first-order valence-corrected chi connectivity index (χ1v) is 3.85. The van der Waals surface area contributed by atoms with E-state index in [9.17, 15) is 23.3 Å². The van der Waals surface area contributed by atoms with Gasteiger partial charge < -0.3 is 10.5 Å². The molecule has 7 nitrogen and oxygen atoms in total. The van der Waals surface area contributed by atoms with Crippen molar-refractivity contribution in [1.29, 1.82) is 5.26 Å². The van der Waals surface area contributed by atoms with E-state index in [1.54, 1.807) is 0 Å². The van der Waals surface area contributed by atoms with Gasteiger partial charge in [-0.1, -0.05) is 0 Å². The summed E-state index contributed by atoms with van der Waals surface area (Å²) >= 11 is 0. The zero-order valence-electron chi connectivity index (χ0n) is 7.85. The standard InChI is InChI=1S/C7H3F3N4O3/c8-7(9,10)17-6-5(12)4(14(15)16)1-3(2-11)13-6/h1H,12H2. The van der Waals surface area contributed by atoms with E-state index in [4.69, 9.17) is 11.0 Å². The van der Waals surface area contributed by atoms with Crippen LogP contribution in [-0.2, 0) is 0 Å². The van der Waals surface area contributed by atoms with Crippen LogP contribution >= 0.6 is 0 Å². The Bertz CT molecular complexity index is 508. The van der Waals surface area contributed by atoms with E-state index < -0.39 is 34.2 Å². The molecule has 0 aliphatic carbocycles. The number of alkyl halides is 3. The number of nitrogens with zero attached hydrogens (tertiary/aromatic N) is 3. The molecule has 1 rings (SSSR count). The lowest BCUT2D eigenvalue weighted by molar-refractivity contribution is -0.384. The molecule has 0 aromatic carbocycles. The molecule has 10 heteroatoms. The van der Waals surface area contributed by atoms with Crippen molar-refractivity contribution in [3.05, 3.63) is 21.9 Å². The average Bonchev–Trinajstić information content (AvgIpc) is 2.18. The second-order valence-electron chi connectivity index (χ2n) is 2.66. The van der Waals surface area contributed by atoms with Crippen molar-refractivity contribution in [1.82, 2.24) is 4.98 Å². The monoisotopic (exact) mass is 248 g/mol. The zero-order chi connectivity index (χ0) is 13.2. The van der Waals surface area contributed by atoms with Crippen molar-refractivity contribution in [2.24, 2.45) is 0 Å². The molecule has 0 aliphatic rings. The largest absolute Gasteiger partial charge is 0.574 e. The van der Waals surface area contributed by atoms with Gasteiger partial charge in [0.05, 0.1) is 11.0 Å². The lowest BCUT2D eigenvalue weighted by Gasteiger charge is -2.09. The molecule has 1 aromatic heterocycles. The highest BCUT2D eigenvalue weighted by molar-refractivity contribution is 5.65. The number of ether oxygens (including phenoxy) is 1. The Kier molecular flexibility index (Phi) is 3.03. The summed E-state index contributed by atoms with van der Waals surface area (Å²) in [5.41, 5.74) is 2.69. The fourth-order valence-electron chi connectivity index (χ4n) is 0.914. The highest BCUT2D eigenvalue weighted by atomic mass is 19.4. The third kappa shape index (κ3) is 2.94. The van der Waals surface area contributed by atoms with Gasteiger partial charge in [-0.3, -0.25) is 10.1 Å². The summed E-state index contributed by atoms with van der Waals surface area (Å²) < 4.78 is 39.1. The minimum atomic E-state index is -5.11. The predicted molar refractivity (Wildman–Crippen MR) is 46.7 cm³/mol. The molecule has 0 fully saturated rings. The molecule has 1 aromatic rings. The lowest BCUT2D eigenvalue weighted by Crippen LogP contribution is -2.19. The summed E-state index contributed by atoms with van der Waals surface area (Å²) in [5.74, 6) is -1.22. The number of aromatic nitrogens is 1. The molecule has 0 unspecified atom stereocenters. The van der Waals surface area contributed by atoms with E-state index in [2.05, 4.69) is 9.72 Å². The maximum Gasteiger partial charge on any atom is 0.574 e. The number of nitrogens with two attached hydrogens (primary N) is 1. The Morgan fingerprint density at radius 3 is 2.59 bits per heavy atom. The normalized spacial score (nSPS) is 10.7. The average molecular weight is 248 g/mol. The minimum absolute atomic E-state index is 0.606. The Balaban J connectivity index is 3.35. The molecule has 0 aliphatic heterocycles. The van der Waals surface area contributed by atoms with Crippen molar-refractivity contribution < 1.29 is 22.8 Å². The topological polar surface area (TPSA) is 115 Å². The van der Waals surface area contributed by atoms with E-state index in [0.717, 1.165) is 0 Å². The summed E-state index contributed by atoms with van der Waals surface area (Å²) in [6.45, 7) is 0. The molecule has 0 amide bonds. The van der Waals surface area contributed by atoms with Gasteiger partial charge in [-0.25, -0.2) is 4.98 Å². The first kappa shape index (κ1) is 12.5. The summed E-state index contributed by atoms with van der Waals surface area (Å²) in [6, 6.07) is 2.01. The van der Waals surface area contributed by atoms with Gasteiger partial charge >= 0.3 is 12.0 Å². The maximum absolute atomic E-state index is 11.9. The van der Waals surface area contributed by atoms with Crippen molar-refractivity contribution in [2.45, 2.75) is 6.36 Å². The van der Waals surface area contributed by atoms with Crippen LogP contribution in [0.5, 0.6) is 5.88 Å². The minimum Gasteiger partial charge on any atom is -0.389 e. The fraction of sp³-hybridized carbons (Fsp3) is 0.143. The van der Waals surface area contributed by atoms with E-state index in [1.165, 1.54) is 6.07 Å². The molecular weight excluding hydrogens is 245 g/mol. The molecule has 0 saturated carbocycles. The molecule has 2 N–H and O–H groups in total. The van der Waals surface area contributed by atoms with Crippen LogP contribution < -0.4 is 10.5 Å². The maximum atomic E-state index is 11.9. The van der Waals surface area contributed by atoms with E-state index in [-0.39, 0.29) is 0 Å². The van der Waals surface area contributed by atoms with Gasteiger partial charge in [0, 0.05) is 0 Å². The summed E-state index contributed by atoms with van der Waals surface area (Å²) in [6.07, 6.45) is -5.11. The van der Waals surface area contributed by atoms with Gasteiger partial charge in [-0.05, 0) is 0 Å². The van der Waals surface area contributed by atoms with Crippen molar-refractivity contribution in [3.63, 3.8) is 0 Å². The van der Waals surface area contributed by atoms with Crippen LogP contribution in [0.3, 0.4) is 0 Å². The van der Waals surface area contributed by atoms with E-state index in [0.29, 0.717) is 6.07 Å². The van der Waals surface area contributed by atoms with Crippen LogP contribution in [0.15, 0.2) is 6.07 Å². The Hall–Kier alpha value is -2.57. The molecule has 0 saturated heterocycles. The van der Waals surface area contributed by atoms with Gasteiger partial charge in [0.2, 0.25) is 0 Å². The third-order valence-electron chi connectivity index (χ3n) is 1.53. The highest BCUT2D eigenvalue weighted by Crippen LogP contribution is 2.33. The summed E-state index contributed by atoms with van der Waals surface area (Å²) in [7, 11) is 0. The lowest BCUT2D eigenvalue weighted by atomic mass is 10.3. The number of hydrogen-bond donors (Lipinski definition) is 1. The van der Waals surface area contributed by atoms with Crippen LogP contribution in [0.2, 0.25) is 0 Å². The number of nitro groups is 1. The number of nitriles is 1. The van der Waals surface area contributed by atoms with Gasteiger partial charge in [0.1, 0.15) is 6.07 Å². The van der Waals surface area contributed by atoms with E-state index in [1.807, 2.05) is 0 Å². The quantitative estimate of drug-likeness (QED) is 0.623. The molecule has 17 heavy (non-hydrogen) atoms. The third-order valence-corrected chi connectivity index (χ3v) is 1.53. The SMILES string of the molecule is N#Cc1cc([N+](=O)[O-])c(N)c(OC(F)(F)F)n1. The number of anilines is 1. The Morgan fingerprint density at radius 1 is 1.59 bits per heavy atom. The summed E-state index contributed by atoms with van der Waals surface area (Å²) in [4.78, 5) is 12.5. The Morgan fingerprint density at radius 2 is 2.18 bits per heavy atom. The molecule has 0 spiro atoms. The highest BCUT2D eigenvalue weighted by Gasteiger charge is 2.34. The first-order chi connectivity index (χ1) is 7.74. The molecular formula is C7H3F3N4O3. The second kappa shape index (κ2) is 4.12. The van der Waals surface area contributed by atoms with Crippen molar-refractivity contribution in [3.8, 4) is 11.9 Å². The molecule has 90 valence electrons. The van der Waals surface area contributed by atoms with Crippen LogP contribution in [0.4, 0.5) is 24.5 Å². The Labute approximate surface area is 91.4 Å². The molecule has 1 heterocycles. The number of hydrogen-bond acceptors (Lipinski definition) is 6. The zero-order valence-corrected chi connectivity index (χ0v) is 7.85. The van der Waals surface area contributed by atoms with E-state index >= 15 is 0 Å². The molecule has 0 radical (unpaired) electrons. The first-order valence-electron chi connectivity index (χ1n) is 3.85. The number of nitrogen functional groups attached to an aromatic ring is 1. The van der Waals surface area contributed by atoms with Crippen LogP contribution in [-0.4, -0.2) is 16.3 Å². The number of halogens is 3. The van der Waals surface area contributed by atoms with Gasteiger partial charge in [0.25, 0.3) is 5.88 Å². The van der Waals surface area contributed by atoms with Gasteiger partial charge in [0.15, 0.2) is 11.4 Å². The number of rotatable bonds is 2. The van der Waals surface area contributed by atoms with Gasteiger partial charge in [-0.2, -0.15) is 5.26 Å². The van der Waals surface area contributed by atoms with Crippen molar-refractivity contribution in [2.75, 3.05) is 5.73 Å². The van der Waals surface area contributed by atoms with Crippen LogP contribution in [0.1, 0.15) is 5.69 Å². The fourth-order valence-corrected chi connectivity index (χ4v) is 0.914. The van der Waals surface area contributed by atoms with Gasteiger partial charge in [-0.15, -0.1) is 13.2 Å². The predicted octanol–water partition coefficient (Wildman–Crippen LogP) is 1.34. The molecule has 0 atom stereocenters. The van der Waals surface area contributed by atoms with Crippen LogP contribution in [0, 0.1) is 21.4 Å². The molecule has 0 bridgehead atoms. The number of pyridine rings is 1. The second-order valence-corrected chi connectivity index (χ2v) is 2.66. The summed E-state index contributed by atoms with van der Waals surface area (Å²) in [5, 5.41) is 18.9. The van der Waals surface area contributed by atoms with Crippen molar-refractivity contribution >= 4 is 11.4 Å².